The molecular formula is C19H23N3O5S. The lowest BCUT2D eigenvalue weighted by Gasteiger charge is -2.15. The molecule has 9 heteroatoms. The van der Waals surface area contributed by atoms with E-state index in [4.69, 9.17) is 9.47 Å². The minimum Gasteiger partial charge on any atom is -0.493 e. The van der Waals surface area contributed by atoms with Gasteiger partial charge in [-0.05, 0) is 37.8 Å². The van der Waals surface area contributed by atoms with Crippen molar-refractivity contribution >= 4 is 21.4 Å². The Hall–Kier alpha value is -2.55. The molecule has 4 rings (SSSR count). The van der Waals surface area contributed by atoms with E-state index in [2.05, 4.69) is 10.4 Å². The first-order valence-electron chi connectivity index (χ1n) is 9.26. The summed E-state index contributed by atoms with van der Waals surface area (Å²) in [6.07, 6.45) is 3.04. The number of carbonyl (C=O) groups excluding carboxylic acids is 1. The van der Waals surface area contributed by atoms with Gasteiger partial charge in [-0.1, -0.05) is 0 Å². The van der Waals surface area contributed by atoms with Gasteiger partial charge in [0.15, 0.2) is 21.3 Å². The number of benzene rings is 1. The van der Waals surface area contributed by atoms with Gasteiger partial charge in [0.2, 0.25) is 0 Å². The van der Waals surface area contributed by atoms with Gasteiger partial charge in [-0.3, -0.25) is 9.48 Å². The molecule has 0 bridgehead atoms. The Balaban J connectivity index is 1.66. The summed E-state index contributed by atoms with van der Waals surface area (Å²) in [4.78, 5) is 13.1. The number of sulfone groups is 1. The van der Waals surface area contributed by atoms with Gasteiger partial charge in [-0.25, -0.2) is 8.42 Å². The van der Waals surface area contributed by atoms with Crippen molar-refractivity contribution in [2.24, 2.45) is 0 Å². The minimum absolute atomic E-state index is 0.0319. The Morgan fingerprint density at radius 3 is 2.68 bits per heavy atom. The largest absolute Gasteiger partial charge is 0.493 e. The third kappa shape index (κ3) is 3.34. The topological polar surface area (TPSA) is 99.5 Å². The fourth-order valence-electron chi connectivity index (χ4n) is 3.99. The molecule has 1 aromatic heterocycles. The normalized spacial score (nSPS) is 20.0. The van der Waals surface area contributed by atoms with E-state index in [0.29, 0.717) is 29.3 Å². The standard InChI is InChI=1S/C19H23N3O5S/c1-26-16-7-6-12(10-17(16)27-2)20-19(23)18-14-4-3-5-15(14)21-22(18)13-8-9-28(24,25)11-13/h6-7,10,13H,3-5,8-9,11H2,1-2H3,(H,20,23). The van der Waals surface area contributed by atoms with E-state index >= 15 is 0 Å². The van der Waals surface area contributed by atoms with E-state index in [1.807, 2.05) is 0 Å². The van der Waals surface area contributed by atoms with Crippen molar-refractivity contribution in [3.8, 4) is 11.5 Å². The number of hydrogen-bond acceptors (Lipinski definition) is 6. The monoisotopic (exact) mass is 405 g/mol. The van der Waals surface area contributed by atoms with Crippen LogP contribution in [0.1, 0.15) is 40.6 Å². The van der Waals surface area contributed by atoms with E-state index in [1.165, 1.54) is 7.11 Å². The highest BCUT2D eigenvalue weighted by Gasteiger charge is 2.35. The second-order valence-corrected chi connectivity index (χ2v) is 9.38. The second kappa shape index (κ2) is 7.12. The zero-order valence-electron chi connectivity index (χ0n) is 15.9. The molecule has 8 nitrogen and oxygen atoms in total. The van der Waals surface area contributed by atoms with Crippen LogP contribution in [0.5, 0.6) is 11.5 Å². The van der Waals surface area contributed by atoms with Crippen LogP contribution in [0, 0.1) is 0 Å². The lowest BCUT2D eigenvalue weighted by atomic mass is 10.1. The van der Waals surface area contributed by atoms with Gasteiger partial charge >= 0.3 is 0 Å². The molecule has 1 fully saturated rings. The molecule has 150 valence electrons. The first kappa shape index (κ1) is 18.8. The second-order valence-electron chi connectivity index (χ2n) is 7.15. The highest BCUT2D eigenvalue weighted by Crippen LogP contribution is 2.33. The van der Waals surface area contributed by atoms with Gasteiger partial charge in [0.05, 0.1) is 37.5 Å². The lowest BCUT2D eigenvalue weighted by Crippen LogP contribution is -2.23. The molecule has 1 atom stereocenters. The van der Waals surface area contributed by atoms with Gasteiger partial charge < -0.3 is 14.8 Å². The average molecular weight is 405 g/mol. The SMILES string of the molecule is COc1ccc(NC(=O)c2c3c(nn2C2CCS(=O)(=O)C2)CCC3)cc1OC. The van der Waals surface area contributed by atoms with E-state index in [1.54, 1.807) is 30.0 Å². The van der Waals surface area contributed by atoms with Crippen LogP contribution >= 0.6 is 0 Å². The third-order valence-corrected chi connectivity index (χ3v) is 7.09. The first-order chi connectivity index (χ1) is 13.4. The van der Waals surface area contributed by atoms with Crippen LogP contribution in [0.25, 0.3) is 0 Å². The number of ether oxygens (including phenoxy) is 2. The van der Waals surface area contributed by atoms with Gasteiger partial charge in [-0.2, -0.15) is 5.10 Å². The summed E-state index contributed by atoms with van der Waals surface area (Å²) in [6.45, 7) is 0. The van der Waals surface area contributed by atoms with Gasteiger partial charge in [-0.15, -0.1) is 0 Å². The van der Waals surface area contributed by atoms with Crippen LogP contribution < -0.4 is 14.8 Å². The van der Waals surface area contributed by atoms with Gasteiger partial charge in [0.1, 0.15) is 5.69 Å². The first-order valence-corrected chi connectivity index (χ1v) is 11.1. The zero-order valence-corrected chi connectivity index (χ0v) is 16.7. The number of carbonyl (C=O) groups is 1. The Morgan fingerprint density at radius 1 is 1.21 bits per heavy atom. The average Bonchev–Trinajstić information content (AvgIpc) is 3.34. The lowest BCUT2D eigenvalue weighted by molar-refractivity contribution is 0.101. The van der Waals surface area contributed by atoms with E-state index in [9.17, 15) is 13.2 Å². The highest BCUT2D eigenvalue weighted by atomic mass is 32.2. The molecular weight excluding hydrogens is 382 g/mol. The molecule has 28 heavy (non-hydrogen) atoms. The van der Waals surface area contributed by atoms with Gasteiger partial charge in [0, 0.05) is 17.3 Å². The number of fused-ring (bicyclic) bond motifs is 1. The summed E-state index contributed by atoms with van der Waals surface area (Å²) in [6, 6.07) is 4.86. The molecule has 1 amide bonds. The van der Waals surface area contributed by atoms with Crippen LogP contribution in [0.15, 0.2) is 18.2 Å². The Labute approximate surface area is 163 Å². The molecule has 1 aliphatic carbocycles. The van der Waals surface area contributed by atoms with Crippen LogP contribution in [0.4, 0.5) is 5.69 Å². The van der Waals surface area contributed by atoms with E-state index < -0.39 is 9.84 Å². The smallest absolute Gasteiger partial charge is 0.274 e. The van der Waals surface area contributed by atoms with Crippen LogP contribution in [-0.4, -0.2) is 49.8 Å². The molecule has 2 aliphatic rings. The number of rotatable bonds is 5. The molecule has 1 saturated heterocycles. The number of hydrogen-bond donors (Lipinski definition) is 1. The molecule has 2 heterocycles. The number of amides is 1. The predicted molar refractivity (Wildman–Crippen MR) is 104 cm³/mol. The van der Waals surface area contributed by atoms with Crippen molar-refractivity contribution in [3.63, 3.8) is 0 Å². The molecule has 1 N–H and O–H groups in total. The maximum absolute atomic E-state index is 13.1. The van der Waals surface area contributed by atoms with Crippen LogP contribution in [0.2, 0.25) is 0 Å². The van der Waals surface area contributed by atoms with E-state index in [-0.39, 0.29) is 23.5 Å². The number of methoxy groups -OCH3 is 2. The third-order valence-electron chi connectivity index (χ3n) is 5.34. The van der Waals surface area contributed by atoms with Crippen molar-refractivity contribution in [1.82, 2.24) is 9.78 Å². The fraction of sp³-hybridized carbons (Fsp3) is 0.474. The summed E-state index contributed by atoms with van der Waals surface area (Å²) in [5, 5.41) is 7.51. The maximum atomic E-state index is 13.1. The Bertz CT molecular complexity index is 1030. The van der Waals surface area contributed by atoms with Crippen LogP contribution in [-0.2, 0) is 22.7 Å². The summed E-state index contributed by atoms with van der Waals surface area (Å²) >= 11 is 0. The number of nitrogens with zero attached hydrogens (tertiary/aromatic N) is 2. The molecule has 0 saturated carbocycles. The molecule has 0 radical (unpaired) electrons. The number of anilines is 1. The molecule has 1 aliphatic heterocycles. The molecule has 1 aromatic carbocycles. The maximum Gasteiger partial charge on any atom is 0.274 e. The van der Waals surface area contributed by atoms with Crippen LogP contribution in [0.3, 0.4) is 0 Å². The van der Waals surface area contributed by atoms with Crippen molar-refractivity contribution in [2.75, 3.05) is 31.0 Å². The van der Waals surface area contributed by atoms with Crippen molar-refractivity contribution in [3.05, 3.63) is 35.2 Å². The van der Waals surface area contributed by atoms with Crippen molar-refractivity contribution in [1.29, 1.82) is 0 Å². The number of aryl methyl sites for hydroxylation is 1. The fourth-order valence-corrected chi connectivity index (χ4v) is 5.68. The molecule has 2 aromatic rings. The summed E-state index contributed by atoms with van der Waals surface area (Å²) in [5.74, 6) is 0.971. The highest BCUT2D eigenvalue weighted by molar-refractivity contribution is 7.91. The number of aromatic nitrogens is 2. The Kier molecular flexibility index (Phi) is 4.78. The quantitative estimate of drug-likeness (QED) is 0.817. The van der Waals surface area contributed by atoms with E-state index in [0.717, 1.165) is 30.5 Å². The van der Waals surface area contributed by atoms with Crippen molar-refractivity contribution < 1.29 is 22.7 Å². The Morgan fingerprint density at radius 2 is 2.00 bits per heavy atom. The van der Waals surface area contributed by atoms with Gasteiger partial charge in [0.25, 0.3) is 5.91 Å². The predicted octanol–water partition coefficient (Wildman–Crippen LogP) is 2.00. The summed E-state index contributed by atoms with van der Waals surface area (Å²) in [5.41, 5.74) is 2.88. The number of nitrogens with one attached hydrogen (secondary N) is 1. The zero-order chi connectivity index (χ0) is 19.9. The molecule has 0 spiro atoms. The summed E-state index contributed by atoms with van der Waals surface area (Å²) in [7, 11) is 0.00596. The van der Waals surface area contributed by atoms with Crippen molar-refractivity contribution in [2.45, 2.75) is 31.7 Å². The molecule has 1 unspecified atom stereocenters. The minimum atomic E-state index is -3.08. The summed E-state index contributed by atoms with van der Waals surface area (Å²) < 4.78 is 36.0.